The number of amides is 1. The van der Waals surface area contributed by atoms with Crippen LogP contribution in [0.4, 0.5) is 0 Å². The Morgan fingerprint density at radius 3 is 2.45 bits per heavy atom. The van der Waals surface area contributed by atoms with Crippen LogP contribution in [-0.2, 0) is 4.79 Å². The van der Waals surface area contributed by atoms with Gasteiger partial charge >= 0.3 is 0 Å². The Balaban J connectivity index is 0.00000242. The van der Waals surface area contributed by atoms with Gasteiger partial charge in [0.05, 0.1) is 6.04 Å². The maximum atomic E-state index is 11.6. The third-order valence-electron chi connectivity index (χ3n) is 4.16. The molecule has 124 valence electrons. The van der Waals surface area contributed by atoms with Gasteiger partial charge in [-0.15, -0.1) is 12.4 Å². The number of benzene rings is 1. The third-order valence-corrected chi connectivity index (χ3v) is 4.50. The summed E-state index contributed by atoms with van der Waals surface area (Å²) in [4.78, 5) is 14.1. The number of hydrogen-bond acceptors (Lipinski definition) is 2. The molecule has 0 aromatic heterocycles. The van der Waals surface area contributed by atoms with Gasteiger partial charge in [-0.25, -0.2) is 0 Å². The second-order valence-electron chi connectivity index (χ2n) is 5.65. The second-order valence-corrected chi connectivity index (χ2v) is 6.05. The molecule has 22 heavy (non-hydrogen) atoms. The largest absolute Gasteiger partial charge is 0.354 e. The lowest BCUT2D eigenvalue weighted by Gasteiger charge is -2.31. The SMILES string of the molecule is CCC(=O)NCC(c1ccccc1Cl)N1CCCCCC1.Cl. The molecular formula is C17H26Cl2N2O. The first-order valence-corrected chi connectivity index (χ1v) is 8.35. The molecule has 0 saturated carbocycles. The Morgan fingerprint density at radius 2 is 1.86 bits per heavy atom. The number of nitrogens with zero attached hydrogens (tertiary/aromatic N) is 1. The van der Waals surface area contributed by atoms with Crippen LogP contribution < -0.4 is 5.32 Å². The molecular weight excluding hydrogens is 319 g/mol. The van der Waals surface area contributed by atoms with Crippen LogP contribution in [0.2, 0.25) is 5.02 Å². The van der Waals surface area contributed by atoms with Crippen LogP contribution in [-0.4, -0.2) is 30.4 Å². The highest BCUT2D eigenvalue weighted by Crippen LogP contribution is 2.29. The first-order valence-electron chi connectivity index (χ1n) is 7.97. The molecule has 1 aromatic rings. The molecule has 0 radical (unpaired) electrons. The van der Waals surface area contributed by atoms with Crippen LogP contribution in [0.15, 0.2) is 24.3 Å². The Morgan fingerprint density at radius 1 is 1.23 bits per heavy atom. The average molecular weight is 345 g/mol. The topological polar surface area (TPSA) is 32.3 Å². The van der Waals surface area contributed by atoms with Crippen molar-refractivity contribution in [3.8, 4) is 0 Å². The molecule has 1 heterocycles. The summed E-state index contributed by atoms with van der Waals surface area (Å²) in [6.07, 6.45) is 5.57. The molecule has 2 rings (SSSR count). The van der Waals surface area contributed by atoms with E-state index in [9.17, 15) is 4.79 Å². The van der Waals surface area contributed by atoms with E-state index in [2.05, 4.69) is 16.3 Å². The molecule has 1 unspecified atom stereocenters. The smallest absolute Gasteiger partial charge is 0.219 e. The lowest BCUT2D eigenvalue weighted by atomic mass is 10.0. The van der Waals surface area contributed by atoms with Crippen molar-refractivity contribution in [2.45, 2.75) is 45.1 Å². The number of carbonyl (C=O) groups excluding carboxylic acids is 1. The number of rotatable bonds is 5. The van der Waals surface area contributed by atoms with Gasteiger partial charge < -0.3 is 5.32 Å². The number of nitrogens with one attached hydrogen (secondary N) is 1. The highest BCUT2D eigenvalue weighted by atomic mass is 35.5. The predicted octanol–water partition coefficient (Wildman–Crippen LogP) is 4.21. The second kappa shape index (κ2) is 10.1. The van der Waals surface area contributed by atoms with Gasteiger partial charge in [-0.2, -0.15) is 0 Å². The molecule has 1 aliphatic rings. The van der Waals surface area contributed by atoms with Crippen LogP contribution in [0.5, 0.6) is 0 Å². The molecule has 1 saturated heterocycles. The minimum absolute atomic E-state index is 0. The monoisotopic (exact) mass is 344 g/mol. The fraction of sp³-hybridized carbons (Fsp3) is 0.588. The van der Waals surface area contributed by atoms with E-state index in [1.54, 1.807) is 0 Å². The lowest BCUT2D eigenvalue weighted by molar-refractivity contribution is -0.121. The van der Waals surface area contributed by atoms with E-state index in [4.69, 9.17) is 11.6 Å². The van der Waals surface area contributed by atoms with Crippen molar-refractivity contribution in [3.05, 3.63) is 34.9 Å². The summed E-state index contributed by atoms with van der Waals surface area (Å²) in [5.74, 6) is 0.0990. The van der Waals surface area contributed by atoms with E-state index in [1.165, 1.54) is 25.7 Å². The highest BCUT2D eigenvalue weighted by Gasteiger charge is 2.23. The zero-order chi connectivity index (χ0) is 15.1. The van der Waals surface area contributed by atoms with E-state index in [0.29, 0.717) is 13.0 Å². The van der Waals surface area contributed by atoms with Gasteiger partial charge in [-0.1, -0.05) is 49.6 Å². The van der Waals surface area contributed by atoms with Crippen molar-refractivity contribution >= 4 is 29.9 Å². The summed E-state index contributed by atoms with van der Waals surface area (Å²) in [7, 11) is 0. The number of likely N-dealkylation sites (tertiary alicyclic amines) is 1. The molecule has 0 spiro atoms. The van der Waals surface area contributed by atoms with Crippen LogP contribution in [0, 0.1) is 0 Å². The molecule has 1 amide bonds. The number of hydrogen-bond donors (Lipinski definition) is 1. The maximum Gasteiger partial charge on any atom is 0.219 e. The van der Waals surface area contributed by atoms with Crippen molar-refractivity contribution in [1.82, 2.24) is 10.2 Å². The van der Waals surface area contributed by atoms with E-state index < -0.39 is 0 Å². The summed E-state index contributed by atoms with van der Waals surface area (Å²) in [6, 6.07) is 8.16. The number of carbonyl (C=O) groups is 1. The minimum atomic E-state index is 0. The van der Waals surface area contributed by atoms with Crippen LogP contribution >= 0.6 is 24.0 Å². The zero-order valence-corrected chi connectivity index (χ0v) is 14.8. The lowest BCUT2D eigenvalue weighted by Crippen LogP contribution is -2.38. The molecule has 5 heteroatoms. The highest BCUT2D eigenvalue weighted by molar-refractivity contribution is 6.31. The van der Waals surface area contributed by atoms with E-state index in [1.807, 2.05) is 25.1 Å². The van der Waals surface area contributed by atoms with Gasteiger partial charge in [-0.3, -0.25) is 9.69 Å². The summed E-state index contributed by atoms with van der Waals surface area (Å²) in [5.41, 5.74) is 1.12. The average Bonchev–Trinajstić information content (AvgIpc) is 2.78. The van der Waals surface area contributed by atoms with Gasteiger partial charge in [0.1, 0.15) is 0 Å². The molecule has 1 atom stereocenters. The van der Waals surface area contributed by atoms with Crippen molar-refractivity contribution < 1.29 is 4.79 Å². The Kier molecular flexibility index (Phi) is 8.84. The first-order chi connectivity index (χ1) is 10.2. The van der Waals surface area contributed by atoms with Crippen molar-refractivity contribution in [3.63, 3.8) is 0 Å². The van der Waals surface area contributed by atoms with E-state index in [-0.39, 0.29) is 24.4 Å². The molecule has 0 bridgehead atoms. The van der Waals surface area contributed by atoms with Crippen molar-refractivity contribution in [2.75, 3.05) is 19.6 Å². The Bertz CT molecular complexity index is 460. The van der Waals surface area contributed by atoms with Gasteiger partial charge in [0.15, 0.2) is 0 Å². The third kappa shape index (κ3) is 5.45. The minimum Gasteiger partial charge on any atom is -0.354 e. The summed E-state index contributed by atoms with van der Waals surface area (Å²) in [5, 5.41) is 3.83. The quantitative estimate of drug-likeness (QED) is 0.867. The molecule has 1 aromatic carbocycles. The fourth-order valence-corrected chi connectivity index (χ4v) is 3.19. The standard InChI is InChI=1S/C17H25ClN2O.ClH/c1-2-17(21)19-13-16(14-9-5-6-10-15(14)18)20-11-7-3-4-8-12-20;/h5-6,9-10,16H,2-4,7-8,11-13H2,1H3,(H,19,21);1H. The summed E-state index contributed by atoms with van der Waals surface area (Å²) >= 11 is 6.39. The molecule has 3 nitrogen and oxygen atoms in total. The van der Waals surface area contributed by atoms with Gasteiger partial charge in [-0.05, 0) is 37.6 Å². The zero-order valence-electron chi connectivity index (χ0n) is 13.2. The first kappa shape index (κ1) is 19.3. The van der Waals surface area contributed by atoms with Gasteiger partial charge in [0.25, 0.3) is 0 Å². The van der Waals surface area contributed by atoms with Crippen molar-refractivity contribution in [1.29, 1.82) is 0 Å². The fourth-order valence-electron chi connectivity index (χ4n) is 2.92. The Labute approximate surface area is 144 Å². The van der Waals surface area contributed by atoms with Gasteiger partial charge in [0.2, 0.25) is 5.91 Å². The molecule has 1 aliphatic heterocycles. The number of halogens is 2. The predicted molar refractivity (Wildman–Crippen MR) is 94.8 cm³/mol. The normalized spacial score (nSPS) is 17.2. The maximum absolute atomic E-state index is 11.6. The Hall–Kier alpha value is -0.770. The van der Waals surface area contributed by atoms with Gasteiger partial charge in [0, 0.05) is 18.0 Å². The van der Waals surface area contributed by atoms with E-state index >= 15 is 0 Å². The van der Waals surface area contributed by atoms with E-state index in [0.717, 1.165) is 23.7 Å². The summed E-state index contributed by atoms with van der Waals surface area (Å²) < 4.78 is 0. The van der Waals surface area contributed by atoms with Crippen molar-refractivity contribution in [2.24, 2.45) is 0 Å². The molecule has 0 aliphatic carbocycles. The summed E-state index contributed by atoms with van der Waals surface area (Å²) in [6.45, 7) is 4.68. The molecule has 1 fully saturated rings. The van der Waals surface area contributed by atoms with Crippen LogP contribution in [0.3, 0.4) is 0 Å². The molecule has 1 N–H and O–H groups in total. The van der Waals surface area contributed by atoms with Crippen LogP contribution in [0.1, 0.15) is 50.6 Å². The van der Waals surface area contributed by atoms with Crippen LogP contribution in [0.25, 0.3) is 0 Å².